The van der Waals surface area contributed by atoms with E-state index in [2.05, 4.69) is 15.1 Å². The number of hydrogen-bond donors (Lipinski definition) is 2. The SMILES string of the molecule is CCc1ccc(CNC)cc1S(=O)(=O)Nc1cnn(C)c1. The molecule has 0 saturated carbocycles. The van der Waals surface area contributed by atoms with E-state index in [0.29, 0.717) is 23.5 Å². The smallest absolute Gasteiger partial charge is 0.262 e. The van der Waals surface area contributed by atoms with Crippen LogP contribution >= 0.6 is 0 Å². The summed E-state index contributed by atoms with van der Waals surface area (Å²) in [6.45, 7) is 2.57. The van der Waals surface area contributed by atoms with Gasteiger partial charge in [0.1, 0.15) is 0 Å². The summed E-state index contributed by atoms with van der Waals surface area (Å²) in [4.78, 5) is 0.321. The van der Waals surface area contributed by atoms with Gasteiger partial charge in [0.25, 0.3) is 10.0 Å². The lowest BCUT2D eigenvalue weighted by molar-refractivity contribution is 0.600. The quantitative estimate of drug-likeness (QED) is 0.848. The second-order valence-corrected chi connectivity index (χ2v) is 6.48. The van der Waals surface area contributed by atoms with Gasteiger partial charge < -0.3 is 5.32 Å². The van der Waals surface area contributed by atoms with E-state index in [9.17, 15) is 8.42 Å². The van der Waals surface area contributed by atoms with Crippen molar-refractivity contribution in [2.45, 2.75) is 24.8 Å². The normalized spacial score (nSPS) is 11.6. The number of nitrogens with zero attached hydrogens (tertiary/aromatic N) is 2. The predicted octanol–water partition coefficient (Wildman–Crippen LogP) is 1.50. The van der Waals surface area contributed by atoms with Gasteiger partial charge in [-0.05, 0) is 30.7 Å². The van der Waals surface area contributed by atoms with Gasteiger partial charge in [-0.1, -0.05) is 19.1 Å². The Bertz CT molecular complexity index is 722. The van der Waals surface area contributed by atoms with Crippen LogP contribution in [0.4, 0.5) is 5.69 Å². The highest BCUT2D eigenvalue weighted by Crippen LogP contribution is 2.21. The minimum absolute atomic E-state index is 0.321. The Morgan fingerprint density at radius 1 is 1.33 bits per heavy atom. The van der Waals surface area contributed by atoms with Crippen LogP contribution in [-0.4, -0.2) is 25.2 Å². The monoisotopic (exact) mass is 308 g/mol. The Morgan fingerprint density at radius 2 is 2.10 bits per heavy atom. The molecule has 0 aliphatic heterocycles. The van der Waals surface area contributed by atoms with Crippen molar-refractivity contribution in [2.75, 3.05) is 11.8 Å². The Hall–Kier alpha value is -1.86. The van der Waals surface area contributed by atoms with Gasteiger partial charge in [-0.2, -0.15) is 5.10 Å². The number of aryl methyl sites for hydroxylation is 2. The van der Waals surface area contributed by atoms with Gasteiger partial charge >= 0.3 is 0 Å². The van der Waals surface area contributed by atoms with Crippen molar-refractivity contribution < 1.29 is 8.42 Å². The fraction of sp³-hybridized carbons (Fsp3) is 0.357. The number of anilines is 1. The largest absolute Gasteiger partial charge is 0.316 e. The van der Waals surface area contributed by atoms with Crippen LogP contribution in [0.3, 0.4) is 0 Å². The molecule has 0 bridgehead atoms. The Labute approximate surface area is 125 Å². The van der Waals surface area contributed by atoms with Gasteiger partial charge in [-0.25, -0.2) is 8.42 Å². The summed E-state index contributed by atoms with van der Waals surface area (Å²) < 4.78 is 29.3. The lowest BCUT2D eigenvalue weighted by Gasteiger charge is -2.12. The van der Waals surface area contributed by atoms with E-state index in [0.717, 1.165) is 11.1 Å². The molecule has 7 heteroatoms. The Balaban J connectivity index is 2.39. The van der Waals surface area contributed by atoms with Crippen molar-refractivity contribution >= 4 is 15.7 Å². The first-order chi connectivity index (χ1) is 9.96. The van der Waals surface area contributed by atoms with Gasteiger partial charge in [-0.15, -0.1) is 0 Å². The third kappa shape index (κ3) is 3.62. The lowest BCUT2D eigenvalue weighted by Crippen LogP contribution is -2.16. The third-order valence-electron chi connectivity index (χ3n) is 3.14. The molecule has 0 atom stereocenters. The molecule has 0 saturated heterocycles. The van der Waals surface area contributed by atoms with Crippen molar-refractivity contribution in [1.29, 1.82) is 0 Å². The van der Waals surface area contributed by atoms with Crippen LogP contribution in [0.2, 0.25) is 0 Å². The summed E-state index contributed by atoms with van der Waals surface area (Å²) >= 11 is 0. The molecule has 21 heavy (non-hydrogen) atoms. The van der Waals surface area contributed by atoms with E-state index >= 15 is 0 Å². The van der Waals surface area contributed by atoms with Crippen LogP contribution in [0.15, 0.2) is 35.5 Å². The number of aromatic nitrogens is 2. The highest BCUT2D eigenvalue weighted by molar-refractivity contribution is 7.92. The first-order valence-electron chi connectivity index (χ1n) is 6.74. The zero-order chi connectivity index (χ0) is 15.5. The van der Waals surface area contributed by atoms with Crippen molar-refractivity contribution in [3.8, 4) is 0 Å². The minimum Gasteiger partial charge on any atom is -0.316 e. The number of nitrogens with one attached hydrogen (secondary N) is 2. The second-order valence-electron chi connectivity index (χ2n) is 4.83. The highest BCUT2D eigenvalue weighted by Gasteiger charge is 2.19. The molecule has 0 amide bonds. The van der Waals surface area contributed by atoms with Gasteiger partial charge in [0.05, 0.1) is 16.8 Å². The summed E-state index contributed by atoms with van der Waals surface area (Å²) in [6.07, 6.45) is 3.77. The number of sulfonamides is 1. The fourth-order valence-corrected chi connectivity index (χ4v) is 3.53. The van der Waals surface area contributed by atoms with Crippen molar-refractivity contribution in [1.82, 2.24) is 15.1 Å². The maximum Gasteiger partial charge on any atom is 0.262 e. The summed E-state index contributed by atoms with van der Waals surface area (Å²) in [7, 11) is -0.0466. The van der Waals surface area contributed by atoms with Crippen LogP contribution in [0.25, 0.3) is 0 Å². The van der Waals surface area contributed by atoms with E-state index in [-0.39, 0.29) is 0 Å². The topological polar surface area (TPSA) is 76.0 Å². The third-order valence-corrected chi connectivity index (χ3v) is 4.60. The zero-order valence-corrected chi connectivity index (χ0v) is 13.2. The molecule has 0 aliphatic rings. The summed E-state index contributed by atoms with van der Waals surface area (Å²) in [6, 6.07) is 5.52. The first-order valence-corrected chi connectivity index (χ1v) is 8.22. The van der Waals surface area contributed by atoms with E-state index in [4.69, 9.17) is 0 Å². The lowest BCUT2D eigenvalue weighted by atomic mass is 10.1. The van der Waals surface area contributed by atoms with Crippen LogP contribution < -0.4 is 10.0 Å². The molecule has 2 N–H and O–H groups in total. The predicted molar refractivity (Wildman–Crippen MR) is 82.6 cm³/mol. The summed E-state index contributed by atoms with van der Waals surface area (Å²) in [5.41, 5.74) is 2.19. The van der Waals surface area contributed by atoms with E-state index in [1.807, 2.05) is 26.1 Å². The van der Waals surface area contributed by atoms with Gasteiger partial charge in [0.2, 0.25) is 0 Å². The maximum atomic E-state index is 12.6. The standard InChI is InChI=1S/C14H20N4O2S/c1-4-12-6-5-11(8-15-2)7-14(12)21(19,20)17-13-9-16-18(3)10-13/h5-7,9-10,15,17H,4,8H2,1-3H3. The molecule has 1 aromatic carbocycles. The molecule has 2 rings (SSSR count). The molecule has 0 fully saturated rings. The second kappa shape index (κ2) is 6.28. The molecule has 0 unspecified atom stereocenters. The summed E-state index contributed by atoms with van der Waals surface area (Å²) in [5.74, 6) is 0. The number of hydrogen-bond acceptors (Lipinski definition) is 4. The average molecular weight is 308 g/mol. The molecule has 0 aliphatic carbocycles. The number of rotatable bonds is 6. The molecule has 6 nitrogen and oxygen atoms in total. The minimum atomic E-state index is -3.61. The fourth-order valence-electron chi connectivity index (χ4n) is 2.14. The molecule has 1 aromatic heterocycles. The molecule has 2 aromatic rings. The first kappa shape index (κ1) is 15.5. The van der Waals surface area contributed by atoms with Gasteiger partial charge in [0, 0.05) is 19.8 Å². The average Bonchev–Trinajstić information content (AvgIpc) is 2.83. The van der Waals surface area contributed by atoms with E-state index in [1.54, 1.807) is 24.0 Å². The van der Waals surface area contributed by atoms with Crippen LogP contribution in [0, 0.1) is 0 Å². The van der Waals surface area contributed by atoms with E-state index in [1.165, 1.54) is 6.20 Å². The maximum absolute atomic E-state index is 12.6. The van der Waals surface area contributed by atoms with Crippen LogP contribution in [-0.2, 0) is 30.0 Å². The van der Waals surface area contributed by atoms with Gasteiger partial charge in [-0.3, -0.25) is 9.40 Å². The highest BCUT2D eigenvalue weighted by atomic mass is 32.2. The molecule has 114 valence electrons. The molecule has 1 heterocycles. The van der Waals surface area contributed by atoms with Crippen molar-refractivity contribution in [2.24, 2.45) is 7.05 Å². The zero-order valence-electron chi connectivity index (χ0n) is 12.4. The summed E-state index contributed by atoms with van der Waals surface area (Å²) in [5, 5.41) is 6.99. The van der Waals surface area contributed by atoms with Crippen LogP contribution in [0.1, 0.15) is 18.1 Å². The Morgan fingerprint density at radius 3 is 2.67 bits per heavy atom. The van der Waals surface area contributed by atoms with E-state index < -0.39 is 10.0 Å². The number of benzene rings is 1. The van der Waals surface area contributed by atoms with Crippen molar-refractivity contribution in [3.05, 3.63) is 41.7 Å². The molecular weight excluding hydrogens is 288 g/mol. The molecule has 0 spiro atoms. The molecule has 0 radical (unpaired) electrons. The van der Waals surface area contributed by atoms with Gasteiger partial charge in [0.15, 0.2) is 0 Å². The Kier molecular flexibility index (Phi) is 4.64. The van der Waals surface area contributed by atoms with Crippen LogP contribution in [0.5, 0.6) is 0 Å². The molecular formula is C14H20N4O2S. The van der Waals surface area contributed by atoms with Crippen molar-refractivity contribution in [3.63, 3.8) is 0 Å².